The molecule has 0 unspecified atom stereocenters. The molecule has 0 atom stereocenters. The average molecular weight is 455 g/mol. The first-order valence-corrected chi connectivity index (χ1v) is 11.1. The molecule has 2 aromatic carbocycles. The van der Waals surface area contributed by atoms with E-state index in [2.05, 4.69) is 4.98 Å². The first kappa shape index (κ1) is 23.0. The van der Waals surface area contributed by atoms with E-state index < -0.39 is 20.9 Å². The highest BCUT2D eigenvalue weighted by atomic mass is 32.2. The Balaban J connectivity index is 1.94. The van der Waals surface area contributed by atoms with Crippen LogP contribution in [0, 0.1) is 10.1 Å². The van der Waals surface area contributed by atoms with Gasteiger partial charge in [-0.05, 0) is 48.4 Å². The molecule has 9 nitrogen and oxygen atoms in total. The topological polar surface area (TPSA) is 120 Å². The first-order chi connectivity index (χ1) is 15.3. The third kappa shape index (κ3) is 5.54. The van der Waals surface area contributed by atoms with Crippen LogP contribution in [0.15, 0.2) is 78.0 Å². The molecule has 3 aromatic rings. The van der Waals surface area contributed by atoms with Crippen LogP contribution in [0.5, 0.6) is 0 Å². The van der Waals surface area contributed by atoms with Gasteiger partial charge in [-0.2, -0.15) is 4.31 Å². The quantitative estimate of drug-likeness (QED) is 0.275. The highest BCUT2D eigenvalue weighted by molar-refractivity contribution is 7.89. The van der Waals surface area contributed by atoms with E-state index in [1.807, 2.05) is 0 Å². The summed E-state index contributed by atoms with van der Waals surface area (Å²) < 4.78 is 33.0. The van der Waals surface area contributed by atoms with Gasteiger partial charge in [0, 0.05) is 37.6 Å². The Labute approximate surface area is 185 Å². The van der Waals surface area contributed by atoms with E-state index in [4.69, 9.17) is 4.74 Å². The summed E-state index contributed by atoms with van der Waals surface area (Å²) in [5.74, 6) is -0.461. The number of ether oxygens (including phenoxy) is 1. The third-order valence-corrected chi connectivity index (χ3v) is 6.39. The lowest BCUT2D eigenvalue weighted by molar-refractivity contribution is -0.385. The lowest BCUT2D eigenvalue weighted by Gasteiger charge is -2.22. The monoisotopic (exact) mass is 455 g/mol. The normalized spacial score (nSPS) is 11.3. The number of non-ortho nitro benzene ring substituents is 1. The standard InChI is InChI=1S/C22H21N3O6S/c1-2-31-22(26)19-8-6-17(7-9-19)15-24(16-18-10-12-23-13-11-18)32(29,30)21-5-3-4-20(14-21)25(27)28/h3-14H,2,15-16H2,1H3. The molecular weight excluding hydrogens is 434 g/mol. The molecule has 0 N–H and O–H groups in total. The molecule has 3 rings (SSSR count). The highest BCUT2D eigenvalue weighted by Crippen LogP contribution is 2.24. The van der Waals surface area contributed by atoms with Gasteiger partial charge in [-0.15, -0.1) is 0 Å². The van der Waals surface area contributed by atoms with Crippen molar-refractivity contribution in [3.05, 3.63) is 99.9 Å². The molecule has 166 valence electrons. The zero-order valence-electron chi connectivity index (χ0n) is 17.2. The summed E-state index contributed by atoms with van der Waals surface area (Å²) >= 11 is 0. The fourth-order valence-electron chi connectivity index (χ4n) is 2.99. The van der Waals surface area contributed by atoms with Crippen molar-refractivity contribution in [2.24, 2.45) is 0 Å². The van der Waals surface area contributed by atoms with Crippen molar-refractivity contribution >= 4 is 21.7 Å². The van der Waals surface area contributed by atoms with E-state index in [9.17, 15) is 23.3 Å². The number of benzene rings is 2. The number of esters is 1. The number of pyridine rings is 1. The number of nitrogens with zero attached hydrogens (tertiary/aromatic N) is 3. The van der Waals surface area contributed by atoms with Crippen LogP contribution in [-0.2, 0) is 27.8 Å². The number of nitro benzene ring substituents is 1. The van der Waals surface area contributed by atoms with Gasteiger partial charge in [0.2, 0.25) is 10.0 Å². The summed E-state index contributed by atoms with van der Waals surface area (Å²) in [6.07, 6.45) is 3.11. The van der Waals surface area contributed by atoms with Crippen LogP contribution >= 0.6 is 0 Å². The van der Waals surface area contributed by atoms with Crippen LogP contribution in [0.3, 0.4) is 0 Å². The first-order valence-electron chi connectivity index (χ1n) is 9.71. The fourth-order valence-corrected chi connectivity index (χ4v) is 4.45. The number of nitro groups is 1. The van der Waals surface area contributed by atoms with Gasteiger partial charge < -0.3 is 4.74 Å². The number of aromatic nitrogens is 1. The maximum Gasteiger partial charge on any atom is 0.338 e. The molecule has 1 heterocycles. The molecule has 0 aliphatic heterocycles. The van der Waals surface area contributed by atoms with Gasteiger partial charge >= 0.3 is 5.97 Å². The largest absolute Gasteiger partial charge is 0.462 e. The van der Waals surface area contributed by atoms with Gasteiger partial charge in [0.05, 0.1) is 22.0 Å². The minimum atomic E-state index is -4.07. The molecule has 0 aliphatic rings. The van der Waals surface area contributed by atoms with Crippen LogP contribution in [-0.4, -0.2) is 35.2 Å². The second kappa shape index (κ2) is 10.1. The van der Waals surface area contributed by atoms with Crippen LogP contribution in [0.4, 0.5) is 5.69 Å². The summed E-state index contributed by atoms with van der Waals surface area (Å²) in [5, 5.41) is 11.1. The molecule has 0 aliphatic carbocycles. The van der Waals surface area contributed by atoms with Gasteiger partial charge in [0.25, 0.3) is 5.69 Å². The predicted molar refractivity (Wildman–Crippen MR) is 116 cm³/mol. The van der Waals surface area contributed by atoms with Gasteiger partial charge in [0.15, 0.2) is 0 Å². The summed E-state index contributed by atoms with van der Waals surface area (Å²) in [7, 11) is -4.07. The van der Waals surface area contributed by atoms with Gasteiger partial charge in [-0.25, -0.2) is 13.2 Å². The minimum Gasteiger partial charge on any atom is -0.462 e. The molecule has 0 saturated heterocycles. The number of hydrogen-bond acceptors (Lipinski definition) is 7. The number of carbonyl (C=O) groups excluding carboxylic acids is 1. The Hall–Kier alpha value is -3.63. The Bertz CT molecular complexity index is 1200. The van der Waals surface area contributed by atoms with Crippen molar-refractivity contribution in [3.63, 3.8) is 0 Å². The zero-order chi connectivity index (χ0) is 23.1. The third-order valence-electron chi connectivity index (χ3n) is 4.60. The Morgan fingerprint density at radius 2 is 1.66 bits per heavy atom. The molecule has 1 aromatic heterocycles. The van der Waals surface area contributed by atoms with Crippen LogP contribution in [0.25, 0.3) is 0 Å². The fraction of sp³-hybridized carbons (Fsp3) is 0.182. The maximum atomic E-state index is 13.4. The summed E-state index contributed by atoms with van der Waals surface area (Å²) in [6, 6.07) is 14.8. The molecule has 0 fully saturated rings. The Kier molecular flexibility index (Phi) is 7.29. The van der Waals surface area contributed by atoms with Crippen molar-refractivity contribution in [2.75, 3.05) is 6.61 Å². The van der Waals surface area contributed by atoms with E-state index in [0.717, 1.165) is 6.07 Å². The summed E-state index contributed by atoms with van der Waals surface area (Å²) in [4.78, 5) is 26.1. The zero-order valence-corrected chi connectivity index (χ0v) is 18.1. The maximum absolute atomic E-state index is 13.4. The van der Waals surface area contributed by atoms with E-state index in [0.29, 0.717) is 16.7 Å². The second-order valence-corrected chi connectivity index (χ2v) is 8.74. The van der Waals surface area contributed by atoms with Crippen LogP contribution in [0.2, 0.25) is 0 Å². The molecule has 32 heavy (non-hydrogen) atoms. The van der Waals surface area contributed by atoms with E-state index in [-0.39, 0.29) is 30.3 Å². The van der Waals surface area contributed by atoms with Crippen molar-refractivity contribution in [1.29, 1.82) is 0 Å². The van der Waals surface area contributed by atoms with Gasteiger partial charge in [-0.3, -0.25) is 15.1 Å². The van der Waals surface area contributed by atoms with Crippen LogP contribution in [0.1, 0.15) is 28.4 Å². The van der Waals surface area contributed by atoms with Crippen LogP contribution < -0.4 is 0 Å². The molecule has 0 bridgehead atoms. The summed E-state index contributed by atoms with van der Waals surface area (Å²) in [6.45, 7) is 1.99. The lowest BCUT2D eigenvalue weighted by Crippen LogP contribution is -2.30. The Morgan fingerprint density at radius 1 is 1.03 bits per heavy atom. The van der Waals surface area contributed by atoms with Gasteiger partial charge in [0.1, 0.15) is 0 Å². The second-order valence-electron chi connectivity index (χ2n) is 6.80. The smallest absolute Gasteiger partial charge is 0.338 e. The van der Waals surface area contributed by atoms with E-state index in [1.165, 1.54) is 22.5 Å². The number of carbonyl (C=O) groups is 1. The van der Waals surface area contributed by atoms with Crippen molar-refractivity contribution in [3.8, 4) is 0 Å². The molecule has 0 amide bonds. The minimum absolute atomic E-state index is 0.00352. The predicted octanol–water partition coefficient (Wildman–Crippen LogP) is 3.56. The van der Waals surface area contributed by atoms with Crippen molar-refractivity contribution in [1.82, 2.24) is 9.29 Å². The van der Waals surface area contributed by atoms with Crippen molar-refractivity contribution in [2.45, 2.75) is 24.9 Å². The van der Waals surface area contributed by atoms with Crippen molar-refractivity contribution < 1.29 is 22.9 Å². The van der Waals surface area contributed by atoms with E-state index in [1.54, 1.807) is 55.7 Å². The average Bonchev–Trinajstić information content (AvgIpc) is 2.80. The van der Waals surface area contributed by atoms with E-state index >= 15 is 0 Å². The molecule has 0 radical (unpaired) electrons. The SMILES string of the molecule is CCOC(=O)c1ccc(CN(Cc2ccncc2)S(=O)(=O)c2cccc([N+](=O)[O-])c2)cc1. The highest BCUT2D eigenvalue weighted by Gasteiger charge is 2.26. The molecule has 0 spiro atoms. The van der Waals surface area contributed by atoms with Gasteiger partial charge in [-0.1, -0.05) is 18.2 Å². The molecular formula is C22H21N3O6S. The summed E-state index contributed by atoms with van der Waals surface area (Å²) in [5.41, 5.74) is 1.39. The Morgan fingerprint density at radius 3 is 2.25 bits per heavy atom. The molecule has 10 heteroatoms. The number of hydrogen-bond donors (Lipinski definition) is 0. The lowest BCUT2D eigenvalue weighted by atomic mass is 10.1. The number of sulfonamides is 1. The number of rotatable bonds is 9. The molecule has 0 saturated carbocycles.